The van der Waals surface area contributed by atoms with Gasteiger partial charge >= 0.3 is 0 Å². The Morgan fingerprint density at radius 3 is 2.67 bits per heavy atom. The van der Waals surface area contributed by atoms with E-state index in [1.807, 2.05) is 13.8 Å². The lowest BCUT2D eigenvalue weighted by molar-refractivity contribution is -0.385. The highest BCUT2D eigenvalue weighted by Gasteiger charge is 2.16. The number of aliphatic hydroxyl groups excluding tert-OH is 1. The molecular weight excluding hydrogens is 256 g/mol. The number of hydrogen-bond acceptors (Lipinski definition) is 4. The zero-order valence-electron chi connectivity index (χ0n) is 10.4. The highest BCUT2D eigenvalue weighted by molar-refractivity contribution is 6.30. The molecule has 0 heterocycles. The molecule has 0 aliphatic carbocycles. The van der Waals surface area contributed by atoms with Gasteiger partial charge in [-0.25, -0.2) is 0 Å². The van der Waals surface area contributed by atoms with Crippen molar-refractivity contribution in [2.75, 3.05) is 6.61 Å². The Balaban J connectivity index is 2.83. The average Bonchev–Trinajstić information content (AvgIpc) is 2.29. The molecule has 0 radical (unpaired) electrons. The second kappa shape index (κ2) is 6.68. The van der Waals surface area contributed by atoms with Crippen LogP contribution in [0, 0.1) is 16.0 Å². The molecular formula is C12H17ClN2O3. The van der Waals surface area contributed by atoms with Crippen molar-refractivity contribution in [3.05, 3.63) is 38.9 Å². The first-order valence-corrected chi connectivity index (χ1v) is 6.10. The zero-order valence-corrected chi connectivity index (χ0v) is 11.1. The minimum absolute atomic E-state index is 0.00791. The van der Waals surface area contributed by atoms with Crippen molar-refractivity contribution in [1.29, 1.82) is 0 Å². The van der Waals surface area contributed by atoms with Crippen molar-refractivity contribution < 1.29 is 10.0 Å². The summed E-state index contributed by atoms with van der Waals surface area (Å²) in [5, 5.41) is 23.6. The molecule has 0 aliphatic rings. The van der Waals surface area contributed by atoms with Crippen LogP contribution in [-0.4, -0.2) is 22.7 Å². The van der Waals surface area contributed by atoms with Crippen molar-refractivity contribution in [3.8, 4) is 0 Å². The van der Waals surface area contributed by atoms with Crippen molar-refractivity contribution in [3.63, 3.8) is 0 Å². The van der Waals surface area contributed by atoms with E-state index >= 15 is 0 Å². The molecule has 1 unspecified atom stereocenters. The first-order valence-electron chi connectivity index (χ1n) is 5.72. The van der Waals surface area contributed by atoms with E-state index in [9.17, 15) is 15.2 Å². The van der Waals surface area contributed by atoms with Crippen LogP contribution in [0.2, 0.25) is 5.02 Å². The van der Waals surface area contributed by atoms with Crippen LogP contribution in [0.3, 0.4) is 0 Å². The summed E-state index contributed by atoms with van der Waals surface area (Å²) in [6.07, 6.45) is 0. The fourth-order valence-corrected chi connectivity index (χ4v) is 1.82. The molecule has 1 aromatic carbocycles. The standard InChI is InChI=1S/C12H17ClN2O3/c1-8(2)11(7-16)14-6-9-5-10(13)3-4-12(9)15(17)18/h3-5,8,11,14,16H,6-7H2,1-2H3. The lowest BCUT2D eigenvalue weighted by atomic mass is 10.0. The van der Waals surface area contributed by atoms with Gasteiger partial charge in [-0.2, -0.15) is 0 Å². The molecule has 0 aliphatic heterocycles. The monoisotopic (exact) mass is 272 g/mol. The first-order chi connectivity index (χ1) is 8.45. The smallest absolute Gasteiger partial charge is 0.273 e. The predicted octanol–water partition coefficient (Wildman–Crippen LogP) is 2.35. The normalized spacial score (nSPS) is 12.7. The Hall–Kier alpha value is -1.17. The van der Waals surface area contributed by atoms with Crippen molar-refractivity contribution >= 4 is 17.3 Å². The number of aliphatic hydroxyl groups is 1. The van der Waals surface area contributed by atoms with E-state index in [4.69, 9.17) is 11.6 Å². The Labute approximate surface area is 111 Å². The van der Waals surface area contributed by atoms with Crippen LogP contribution in [-0.2, 0) is 6.54 Å². The van der Waals surface area contributed by atoms with E-state index in [0.29, 0.717) is 17.1 Å². The van der Waals surface area contributed by atoms with Gasteiger partial charge in [0.1, 0.15) is 0 Å². The fourth-order valence-electron chi connectivity index (χ4n) is 1.63. The van der Waals surface area contributed by atoms with Gasteiger partial charge in [-0.05, 0) is 18.1 Å². The van der Waals surface area contributed by atoms with Crippen molar-refractivity contribution in [1.82, 2.24) is 5.32 Å². The van der Waals surface area contributed by atoms with Gasteiger partial charge in [0.15, 0.2) is 0 Å². The van der Waals surface area contributed by atoms with E-state index < -0.39 is 4.92 Å². The summed E-state index contributed by atoms with van der Waals surface area (Å²) in [4.78, 5) is 10.4. The molecule has 5 nitrogen and oxygen atoms in total. The molecule has 0 saturated carbocycles. The molecule has 0 bridgehead atoms. The van der Waals surface area contributed by atoms with Crippen LogP contribution >= 0.6 is 11.6 Å². The number of nitro benzene ring substituents is 1. The van der Waals surface area contributed by atoms with E-state index in [-0.39, 0.29) is 24.3 Å². The summed E-state index contributed by atoms with van der Waals surface area (Å²) in [7, 11) is 0. The average molecular weight is 273 g/mol. The summed E-state index contributed by atoms with van der Waals surface area (Å²) in [5.74, 6) is 0.244. The number of nitrogens with one attached hydrogen (secondary N) is 1. The van der Waals surface area contributed by atoms with Gasteiger partial charge in [-0.3, -0.25) is 10.1 Å². The van der Waals surface area contributed by atoms with Gasteiger partial charge in [0.25, 0.3) is 5.69 Å². The highest BCUT2D eigenvalue weighted by Crippen LogP contribution is 2.22. The minimum atomic E-state index is -0.434. The van der Waals surface area contributed by atoms with Crippen LogP contribution in [0.1, 0.15) is 19.4 Å². The van der Waals surface area contributed by atoms with E-state index in [0.717, 1.165) is 0 Å². The molecule has 1 rings (SSSR count). The van der Waals surface area contributed by atoms with Gasteiger partial charge in [-0.15, -0.1) is 0 Å². The first kappa shape index (κ1) is 14.9. The Morgan fingerprint density at radius 1 is 1.50 bits per heavy atom. The minimum Gasteiger partial charge on any atom is -0.395 e. The molecule has 0 aromatic heterocycles. The maximum Gasteiger partial charge on any atom is 0.273 e. The topological polar surface area (TPSA) is 75.4 Å². The molecule has 100 valence electrons. The second-order valence-corrected chi connectivity index (χ2v) is 4.88. The molecule has 0 spiro atoms. The maximum atomic E-state index is 10.9. The summed E-state index contributed by atoms with van der Waals surface area (Å²) in [5.41, 5.74) is 0.555. The van der Waals surface area contributed by atoms with E-state index in [2.05, 4.69) is 5.32 Å². The Kier molecular flexibility index (Phi) is 5.53. The van der Waals surface area contributed by atoms with Gasteiger partial charge in [0, 0.05) is 29.2 Å². The van der Waals surface area contributed by atoms with Gasteiger partial charge in [-0.1, -0.05) is 25.4 Å². The predicted molar refractivity (Wildman–Crippen MR) is 70.7 cm³/mol. The molecule has 18 heavy (non-hydrogen) atoms. The largest absolute Gasteiger partial charge is 0.395 e. The molecule has 0 amide bonds. The van der Waals surface area contributed by atoms with Crippen LogP contribution in [0.15, 0.2) is 18.2 Å². The number of nitrogens with zero attached hydrogens (tertiary/aromatic N) is 1. The van der Waals surface area contributed by atoms with Crippen LogP contribution < -0.4 is 5.32 Å². The summed E-state index contributed by atoms with van der Waals surface area (Å²) in [6.45, 7) is 4.24. The maximum absolute atomic E-state index is 10.9. The summed E-state index contributed by atoms with van der Waals surface area (Å²) < 4.78 is 0. The third-order valence-corrected chi connectivity index (χ3v) is 3.03. The molecule has 1 aromatic rings. The van der Waals surface area contributed by atoms with Crippen LogP contribution in [0.4, 0.5) is 5.69 Å². The molecule has 0 fully saturated rings. The third kappa shape index (κ3) is 3.94. The quantitative estimate of drug-likeness (QED) is 0.616. The number of hydrogen-bond donors (Lipinski definition) is 2. The van der Waals surface area contributed by atoms with Crippen molar-refractivity contribution in [2.45, 2.75) is 26.4 Å². The summed E-state index contributed by atoms with van der Waals surface area (Å²) in [6, 6.07) is 4.36. The van der Waals surface area contributed by atoms with E-state index in [1.165, 1.54) is 12.1 Å². The molecule has 1 atom stereocenters. The third-order valence-electron chi connectivity index (χ3n) is 2.79. The number of nitro groups is 1. The Bertz CT molecular complexity index is 424. The van der Waals surface area contributed by atoms with Crippen LogP contribution in [0.5, 0.6) is 0 Å². The van der Waals surface area contributed by atoms with Gasteiger partial charge in [0.2, 0.25) is 0 Å². The highest BCUT2D eigenvalue weighted by atomic mass is 35.5. The Morgan fingerprint density at radius 2 is 2.17 bits per heavy atom. The zero-order chi connectivity index (χ0) is 13.7. The van der Waals surface area contributed by atoms with E-state index in [1.54, 1.807) is 6.07 Å². The van der Waals surface area contributed by atoms with Gasteiger partial charge < -0.3 is 10.4 Å². The molecule has 2 N–H and O–H groups in total. The van der Waals surface area contributed by atoms with Crippen LogP contribution in [0.25, 0.3) is 0 Å². The SMILES string of the molecule is CC(C)C(CO)NCc1cc(Cl)ccc1[N+](=O)[O-]. The lowest BCUT2D eigenvalue weighted by Gasteiger charge is -2.19. The van der Waals surface area contributed by atoms with Gasteiger partial charge in [0.05, 0.1) is 11.5 Å². The van der Waals surface area contributed by atoms with Crippen molar-refractivity contribution in [2.24, 2.45) is 5.92 Å². The lowest BCUT2D eigenvalue weighted by Crippen LogP contribution is -2.36. The molecule has 6 heteroatoms. The summed E-state index contributed by atoms with van der Waals surface area (Å²) >= 11 is 5.83. The number of rotatable bonds is 6. The fraction of sp³-hybridized carbons (Fsp3) is 0.500. The second-order valence-electron chi connectivity index (χ2n) is 4.44. The number of halogens is 1. The molecule has 0 saturated heterocycles. The number of benzene rings is 1.